The van der Waals surface area contributed by atoms with Crippen molar-refractivity contribution in [2.45, 2.75) is 32.2 Å². The second-order valence-electron chi connectivity index (χ2n) is 8.15. The summed E-state index contributed by atoms with van der Waals surface area (Å²) in [7, 11) is -1.00. The van der Waals surface area contributed by atoms with Gasteiger partial charge in [-0.2, -0.15) is 0 Å². The minimum absolute atomic E-state index is 0.0376. The molecule has 3 aliphatic rings. The molecule has 0 amide bonds. The van der Waals surface area contributed by atoms with Crippen molar-refractivity contribution in [1.82, 2.24) is 0 Å². The van der Waals surface area contributed by atoms with Gasteiger partial charge in [0, 0.05) is 28.5 Å². The first-order valence-corrected chi connectivity index (χ1v) is 10.5. The molecule has 3 atom stereocenters. The monoisotopic (exact) mass is 365 g/mol. The van der Waals surface area contributed by atoms with Crippen LogP contribution in [0.4, 0.5) is 5.69 Å². The minimum Gasteiger partial charge on any atom is -0.488 e. The topological polar surface area (TPSA) is 38.3 Å². The summed E-state index contributed by atoms with van der Waals surface area (Å²) in [5, 5.41) is 3.77. The summed E-state index contributed by atoms with van der Waals surface area (Å²) >= 11 is 0. The Hall–Kier alpha value is -2.07. The van der Waals surface area contributed by atoms with Gasteiger partial charge in [0.1, 0.15) is 12.4 Å². The van der Waals surface area contributed by atoms with E-state index in [4.69, 9.17) is 4.74 Å². The molecule has 0 spiro atoms. The number of benzene rings is 2. The van der Waals surface area contributed by atoms with E-state index in [1.165, 1.54) is 22.4 Å². The first-order valence-electron chi connectivity index (χ1n) is 9.18. The summed E-state index contributed by atoms with van der Waals surface area (Å²) in [5.74, 6) is 1.82. The molecule has 0 fully saturated rings. The number of ether oxygens (including phenoxy) is 1. The van der Waals surface area contributed by atoms with Gasteiger partial charge in [-0.3, -0.25) is 4.21 Å². The van der Waals surface area contributed by atoms with Crippen LogP contribution in [0.3, 0.4) is 0 Å². The summed E-state index contributed by atoms with van der Waals surface area (Å²) in [6.45, 7) is 7.23. The van der Waals surface area contributed by atoms with Crippen molar-refractivity contribution in [1.29, 1.82) is 0 Å². The predicted octanol–water partition coefficient (Wildman–Crippen LogP) is 4.25. The van der Waals surface area contributed by atoms with Gasteiger partial charge < -0.3 is 10.1 Å². The quantitative estimate of drug-likeness (QED) is 0.758. The Bertz CT molecular complexity index is 976. The third kappa shape index (κ3) is 2.14. The molecule has 0 saturated heterocycles. The Morgan fingerprint density at radius 1 is 1.19 bits per heavy atom. The molecule has 2 aromatic rings. The highest BCUT2D eigenvalue weighted by Gasteiger charge is 2.49. The standard InChI is InChI=1S/C22H23NO2S/c1-13-8-9-16-18(10-13)23-20-15-11-25-19-7-5-4-6-14(19)21(15)26(24)12-17(20)22(16,2)3/h4-10,17,20,23H,11-12H2,1-3H3. The zero-order valence-electron chi connectivity index (χ0n) is 15.3. The highest BCUT2D eigenvalue weighted by atomic mass is 32.2. The van der Waals surface area contributed by atoms with Gasteiger partial charge in [-0.25, -0.2) is 0 Å². The lowest BCUT2D eigenvalue weighted by Crippen LogP contribution is -2.53. The molecule has 0 aliphatic carbocycles. The van der Waals surface area contributed by atoms with Gasteiger partial charge >= 0.3 is 0 Å². The highest BCUT2D eigenvalue weighted by Crippen LogP contribution is 2.51. The van der Waals surface area contributed by atoms with Crippen LogP contribution in [0.25, 0.3) is 4.91 Å². The van der Waals surface area contributed by atoms with Crippen LogP contribution in [0.5, 0.6) is 5.75 Å². The third-order valence-corrected chi connectivity index (χ3v) is 7.85. The van der Waals surface area contributed by atoms with Crippen molar-refractivity contribution in [2.24, 2.45) is 5.92 Å². The van der Waals surface area contributed by atoms with E-state index in [0.717, 1.165) is 16.2 Å². The molecule has 26 heavy (non-hydrogen) atoms. The number of anilines is 1. The molecule has 1 N–H and O–H groups in total. The van der Waals surface area contributed by atoms with Crippen molar-refractivity contribution in [3.05, 3.63) is 64.7 Å². The number of rotatable bonds is 0. The molecular formula is C22H23NO2S. The Morgan fingerprint density at radius 3 is 2.85 bits per heavy atom. The van der Waals surface area contributed by atoms with Crippen LogP contribution in [0.2, 0.25) is 0 Å². The first-order chi connectivity index (χ1) is 12.5. The van der Waals surface area contributed by atoms with E-state index < -0.39 is 10.8 Å². The lowest BCUT2D eigenvalue weighted by molar-refractivity contribution is 0.280. The van der Waals surface area contributed by atoms with Crippen molar-refractivity contribution in [2.75, 3.05) is 17.7 Å². The molecule has 0 aromatic heterocycles. The number of nitrogens with one attached hydrogen (secondary N) is 1. The van der Waals surface area contributed by atoms with Gasteiger partial charge in [0.05, 0.1) is 21.7 Å². The van der Waals surface area contributed by atoms with E-state index >= 15 is 0 Å². The number of hydrogen-bond acceptors (Lipinski definition) is 3. The average molecular weight is 365 g/mol. The molecule has 2 aromatic carbocycles. The molecule has 0 bridgehead atoms. The largest absolute Gasteiger partial charge is 0.488 e. The lowest BCUT2D eigenvalue weighted by Gasteiger charge is -2.50. The van der Waals surface area contributed by atoms with Crippen LogP contribution in [0.15, 0.2) is 48.0 Å². The second-order valence-corrected chi connectivity index (χ2v) is 9.58. The van der Waals surface area contributed by atoms with Crippen LogP contribution in [0, 0.1) is 12.8 Å². The van der Waals surface area contributed by atoms with Crippen LogP contribution in [-0.4, -0.2) is 22.6 Å². The molecule has 3 aliphatic heterocycles. The van der Waals surface area contributed by atoms with Gasteiger partial charge in [-0.1, -0.05) is 44.2 Å². The van der Waals surface area contributed by atoms with Crippen molar-refractivity contribution >= 4 is 21.4 Å². The summed E-state index contributed by atoms with van der Waals surface area (Å²) in [4.78, 5) is 0.993. The first kappa shape index (κ1) is 16.1. The summed E-state index contributed by atoms with van der Waals surface area (Å²) < 4.78 is 19.3. The molecule has 134 valence electrons. The molecule has 4 heteroatoms. The van der Waals surface area contributed by atoms with E-state index in [-0.39, 0.29) is 17.4 Å². The number of fused-ring (bicyclic) bond motifs is 5. The molecule has 0 radical (unpaired) electrons. The molecule has 5 rings (SSSR count). The lowest BCUT2D eigenvalue weighted by atomic mass is 9.66. The normalized spacial score (nSPS) is 28.0. The van der Waals surface area contributed by atoms with E-state index in [0.29, 0.717) is 12.4 Å². The summed E-state index contributed by atoms with van der Waals surface area (Å²) in [6, 6.07) is 14.8. The maximum atomic E-state index is 13.3. The Labute approximate surface area is 156 Å². The van der Waals surface area contributed by atoms with E-state index in [2.05, 4.69) is 44.3 Å². The van der Waals surface area contributed by atoms with Gasteiger partial charge in [0.2, 0.25) is 0 Å². The van der Waals surface area contributed by atoms with Gasteiger partial charge in [-0.15, -0.1) is 0 Å². The highest BCUT2D eigenvalue weighted by molar-refractivity contribution is 7.94. The zero-order valence-corrected chi connectivity index (χ0v) is 16.2. The van der Waals surface area contributed by atoms with Crippen LogP contribution < -0.4 is 10.1 Å². The molecular weight excluding hydrogens is 342 g/mol. The van der Waals surface area contributed by atoms with E-state index in [9.17, 15) is 4.21 Å². The fourth-order valence-electron chi connectivity index (χ4n) is 4.78. The number of aryl methyl sites for hydroxylation is 1. The maximum Gasteiger partial charge on any atom is 0.128 e. The van der Waals surface area contributed by atoms with Gasteiger partial charge in [-0.05, 0) is 35.6 Å². The number of hydrogen-bond donors (Lipinski definition) is 1. The van der Waals surface area contributed by atoms with Crippen molar-refractivity contribution in [3.8, 4) is 5.75 Å². The van der Waals surface area contributed by atoms with E-state index in [1.54, 1.807) is 0 Å². The summed E-state index contributed by atoms with van der Waals surface area (Å²) in [5.41, 5.74) is 5.91. The van der Waals surface area contributed by atoms with Crippen molar-refractivity contribution < 1.29 is 8.95 Å². The van der Waals surface area contributed by atoms with Crippen LogP contribution in [0.1, 0.15) is 30.5 Å². The summed E-state index contributed by atoms with van der Waals surface area (Å²) in [6.07, 6.45) is 0. The zero-order chi connectivity index (χ0) is 18.1. The second kappa shape index (κ2) is 5.46. The van der Waals surface area contributed by atoms with Crippen LogP contribution in [-0.2, 0) is 16.2 Å². The average Bonchev–Trinajstić information content (AvgIpc) is 2.62. The predicted molar refractivity (Wildman–Crippen MR) is 107 cm³/mol. The molecule has 3 nitrogen and oxygen atoms in total. The van der Waals surface area contributed by atoms with Gasteiger partial charge in [0.25, 0.3) is 0 Å². The SMILES string of the molecule is Cc1ccc2c(c1)NC1C3=C(c4ccccc4OC3)S(=O)CC1C2(C)C. The fraction of sp³-hybridized carbons (Fsp3) is 0.364. The van der Waals surface area contributed by atoms with Gasteiger partial charge in [0.15, 0.2) is 0 Å². The minimum atomic E-state index is -1.00. The number of para-hydroxylation sites is 1. The van der Waals surface area contributed by atoms with Crippen molar-refractivity contribution in [3.63, 3.8) is 0 Å². The molecule has 3 unspecified atom stereocenters. The Balaban J connectivity index is 1.70. The third-order valence-electron chi connectivity index (χ3n) is 6.25. The Morgan fingerprint density at radius 2 is 2.00 bits per heavy atom. The fourth-order valence-corrected chi connectivity index (χ4v) is 6.77. The molecule has 3 heterocycles. The van der Waals surface area contributed by atoms with E-state index in [1.807, 2.05) is 24.3 Å². The smallest absolute Gasteiger partial charge is 0.128 e. The Kier molecular flexibility index (Phi) is 3.39. The maximum absolute atomic E-state index is 13.3. The van der Waals surface area contributed by atoms with Crippen LogP contribution >= 0.6 is 0 Å². The molecule has 0 saturated carbocycles.